The molecular weight excluding hydrogens is 172 g/mol. The van der Waals surface area contributed by atoms with Crippen LogP contribution in [0, 0.1) is 0 Å². The highest BCUT2D eigenvalue weighted by Gasteiger charge is 2.40. The van der Waals surface area contributed by atoms with Crippen molar-refractivity contribution >= 4 is 14.5 Å². The van der Waals surface area contributed by atoms with E-state index in [-0.39, 0.29) is 5.04 Å². The molecule has 0 aliphatic carbocycles. The molecule has 0 heterocycles. The standard InChI is InChI=1S/C8H18O3Si/c1-8(2,3)12(5,6)11-7(9)10-4/h1-6H3. The number of hydrogen-bond acceptors (Lipinski definition) is 3. The van der Waals surface area contributed by atoms with Crippen molar-refractivity contribution in [3.05, 3.63) is 0 Å². The van der Waals surface area contributed by atoms with Crippen LogP contribution in [0.15, 0.2) is 0 Å². The molecule has 0 aliphatic rings. The van der Waals surface area contributed by atoms with E-state index in [1.807, 2.05) is 13.1 Å². The molecule has 0 bridgehead atoms. The van der Waals surface area contributed by atoms with Crippen molar-refractivity contribution in [3.8, 4) is 0 Å². The van der Waals surface area contributed by atoms with E-state index < -0.39 is 14.5 Å². The molecule has 0 saturated carbocycles. The van der Waals surface area contributed by atoms with Crippen LogP contribution in [0.5, 0.6) is 0 Å². The van der Waals surface area contributed by atoms with Gasteiger partial charge in [-0.1, -0.05) is 20.8 Å². The number of hydrogen-bond donors (Lipinski definition) is 0. The number of carbonyl (C=O) groups excluding carboxylic acids is 1. The fraction of sp³-hybridized carbons (Fsp3) is 0.875. The van der Waals surface area contributed by atoms with Crippen LogP contribution in [0.25, 0.3) is 0 Å². The van der Waals surface area contributed by atoms with Gasteiger partial charge in [-0.05, 0) is 18.1 Å². The Balaban J connectivity index is 4.33. The second-order valence-electron chi connectivity index (χ2n) is 4.32. The Labute approximate surface area is 75.2 Å². The highest BCUT2D eigenvalue weighted by atomic mass is 28.4. The molecule has 0 radical (unpaired) electrons. The third-order valence-corrected chi connectivity index (χ3v) is 6.60. The number of rotatable bonds is 1. The second-order valence-corrected chi connectivity index (χ2v) is 9.04. The van der Waals surface area contributed by atoms with Gasteiger partial charge in [-0.15, -0.1) is 0 Å². The molecule has 4 heteroatoms. The van der Waals surface area contributed by atoms with Gasteiger partial charge in [0.05, 0.1) is 7.11 Å². The summed E-state index contributed by atoms with van der Waals surface area (Å²) in [5, 5.41) is 0.0428. The van der Waals surface area contributed by atoms with Crippen molar-refractivity contribution in [1.82, 2.24) is 0 Å². The van der Waals surface area contributed by atoms with E-state index in [0.29, 0.717) is 0 Å². The van der Waals surface area contributed by atoms with Crippen LogP contribution in [0.1, 0.15) is 20.8 Å². The van der Waals surface area contributed by atoms with Gasteiger partial charge in [0.15, 0.2) is 0 Å². The van der Waals surface area contributed by atoms with Crippen LogP contribution < -0.4 is 0 Å². The smallest absolute Gasteiger partial charge is 0.489 e. The number of methoxy groups -OCH3 is 1. The molecule has 12 heavy (non-hydrogen) atoms. The normalized spacial score (nSPS) is 12.5. The molecule has 0 aromatic heterocycles. The molecule has 0 unspecified atom stereocenters. The third-order valence-electron chi connectivity index (χ3n) is 2.31. The highest BCUT2D eigenvalue weighted by molar-refractivity contribution is 6.75. The summed E-state index contributed by atoms with van der Waals surface area (Å²) in [6.07, 6.45) is -0.568. The summed E-state index contributed by atoms with van der Waals surface area (Å²) in [4.78, 5) is 10.9. The van der Waals surface area contributed by atoms with Gasteiger partial charge in [0.25, 0.3) is 8.32 Å². The van der Waals surface area contributed by atoms with Crippen LogP contribution in [-0.2, 0) is 9.16 Å². The van der Waals surface area contributed by atoms with E-state index in [1.165, 1.54) is 7.11 Å². The predicted octanol–water partition coefficient (Wildman–Crippen LogP) is 2.77. The molecule has 0 aliphatic heterocycles. The lowest BCUT2D eigenvalue weighted by atomic mass is 10.2. The fourth-order valence-electron chi connectivity index (χ4n) is 0.403. The Morgan fingerprint density at radius 3 is 1.92 bits per heavy atom. The summed E-state index contributed by atoms with van der Waals surface area (Å²) >= 11 is 0. The summed E-state index contributed by atoms with van der Waals surface area (Å²) in [6, 6.07) is 0. The Kier molecular flexibility index (Phi) is 3.32. The van der Waals surface area contributed by atoms with E-state index in [4.69, 9.17) is 4.43 Å². The van der Waals surface area contributed by atoms with Gasteiger partial charge in [-0.25, -0.2) is 4.79 Å². The van der Waals surface area contributed by atoms with Crippen molar-refractivity contribution < 1.29 is 14.0 Å². The van der Waals surface area contributed by atoms with Gasteiger partial charge in [-0.3, -0.25) is 0 Å². The first-order valence-electron chi connectivity index (χ1n) is 3.97. The van der Waals surface area contributed by atoms with Crippen LogP contribution in [-0.4, -0.2) is 21.6 Å². The molecule has 0 aromatic rings. The molecule has 0 N–H and O–H groups in total. The zero-order valence-electron chi connectivity index (χ0n) is 8.72. The maximum Gasteiger partial charge on any atom is 0.494 e. The molecular formula is C8H18O3Si. The summed E-state index contributed by atoms with van der Waals surface area (Å²) in [7, 11) is -0.635. The zero-order chi connectivity index (χ0) is 9.99. The topological polar surface area (TPSA) is 35.5 Å². The van der Waals surface area contributed by atoms with Crippen LogP contribution >= 0.6 is 0 Å². The van der Waals surface area contributed by atoms with Gasteiger partial charge in [0, 0.05) is 0 Å². The van der Waals surface area contributed by atoms with Crippen LogP contribution in [0.3, 0.4) is 0 Å². The first-order valence-corrected chi connectivity index (χ1v) is 6.88. The quantitative estimate of drug-likeness (QED) is 0.471. The fourth-order valence-corrected chi connectivity index (χ4v) is 1.21. The molecule has 0 rings (SSSR count). The zero-order valence-corrected chi connectivity index (χ0v) is 9.72. The average molecular weight is 190 g/mol. The van der Waals surface area contributed by atoms with Gasteiger partial charge in [0.2, 0.25) is 0 Å². The van der Waals surface area contributed by atoms with Gasteiger partial charge in [-0.2, -0.15) is 0 Å². The molecule has 0 spiro atoms. The Morgan fingerprint density at radius 2 is 1.67 bits per heavy atom. The molecule has 0 atom stereocenters. The maximum atomic E-state index is 10.9. The molecule has 3 nitrogen and oxygen atoms in total. The molecule has 0 saturated heterocycles. The Bertz CT molecular complexity index is 170. The van der Waals surface area contributed by atoms with E-state index in [1.54, 1.807) is 0 Å². The minimum absolute atomic E-state index is 0.0428. The Hall–Kier alpha value is -0.513. The molecule has 0 fully saturated rings. The monoisotopic (exact) mass is 190 g/mol. The molecule has 72 valence electrons. The van der Waals surface area contributed by atoms with E-state index in [9.17, 15) is 4.79 Å². The summed E-state index contributed by atoms with van der Waals surface area (Å²) in [5.41, 5.74) is 0. The average Bonchev–Trinajstić information content (AvgIpc) is 1.84. The van der Waals surface area contributed by atoms with Crippen molar-refractivity contribution in [1.29, 1.82) is 0 Å². The van der Waals surface area contributed by atoms with Crippen molar-refractivity contribution in [2.24, 2.45) is 0 Å². The van der Waals surface area contributed by atoms with E-state index >= 15 is 0 Å². The van der Waals surface area contributed by atoms with Gasteiger partial charge in [0.1, 0.15) is 0 Å². The minimum Gasteiger partial charge on any atom is -0.489 e. The number of ether oxygens (including phenoxy) is 1. The summed E-state index contributed by atoms with van der Waals surface area (Å²) < 4.78 is 9.68. The Morgan fingerprint density at radius 1 is 1.25 bits per heavy atom. The summed E-state index contributed by atoms with van der Waals surface area (Å²) in [6.45, 7) is 10.2. The highest BCUT2D eigenvalue weighted by Crippen LogP contribution is 2.36. The lowest BCUT2D eigenvalue weighted by Crippen LogP contribution is -2.42. The summed E-state index contributed by atoms with van der Waals surface area (Å²) in [5.74, 6) is 0. The van der Waals surface area contributed by atoms with Gasteiger partial charge >= 0.3 is 6.16 Å². The van der Waals surface area contributed by atoms with E-state index in [2.05, 4.69) is 25.5 Å². The van der Waals surface area contributed by atoms with Crippen molar-refractivity contribution in [2.45, 2.75) is 38.9 Å². The maximum absolute atomic E-state index is 10.9. The third kappa shape index (κ3) is 2.85. The van der Waals surface area contributed by atoms with Crippen LogP contribution in [0.2, 0.25) is 18.1 Å². The SMILES string of the molecule is COC(=O)O[Si](C)(C)C(C)(C)C. The predicted molar refractivity (Wildman–Crippen MR) is 50.7 cm³/mol. The van der Waals surface area contributed by atoms with Gasteiger partial charge < -0.3 is 9.16 Å². The number of carbonyl (C=O) groups is 1. The van der Waals surface area contributed by atoms with Crippen LogP contribution in [0.4, 0.5) is 4.79 Å². The first-order chi connectivity index (χ1) is 5.20. The largest absolute Gasteiger partial charge is 0.494 e. The minimum atomic E-state index is -1.96. The van der Waals surface area contributed by atoms with Crippen molar-refractivity contribution in [2.75, 3.05) is 7.11 Å². The van der Waals surface area contributed by atoms with Crippen molar-refractivity contribution in [3.63, 3.8) is 0 Å². The van der Waals surface area contributed by atoms with E-state index in [0.717, 1.165) is 0 Å². The second kappa shape index (κ2) is 3.47. The lowest BCUT2D eigenvalue weighted by molar-refractivity contribution is 0.116. The molecule has 0 aromatic carbocycles. The lowest BCUT2D eigenvalue weighted by Gasteiger charge is -2.34. The first kappa shape index (κ1) is 11.5. The molecule has 0 amide bonds.